The van der Waals surface area contributed by atoms with Gasteiger partial charge in [-0.05, 0) is 25.1 Å². The second kappa shape index (κ2) is 8.69. The summed E-state index contributed by atoms with van der Waals surface area (Å²) in [6, 6.07) is 6.11. The van der Waals surface area contributed by atoms with Crippen molar-refractivity contribution in [1.82, 2.24) is 20.4 Å². The van der Waals surface area contributed by atoms with Gasteiger partial charge in [0.25, 0.3) is 5.91 Å². The molecule has 7 heteroatoms. The van der Waals surface area contributed by atoms with Crippen LogP contribution in [0, 0.1) is 17.3 Å². The second-order valence-corrected chi connectivity index (χ2v) is 6.77. The molecule has 2 saturated heterocycles. The van der Waals surface area contributed by atoms with Crippen molar-refractivity contribution in [3.05, 3.63) is 35.4 Å². The molecule has 1 aromatic carbocycles. The van der Waals surface area contributed by atoms with Crippen LogP contribution in [-0.2, 0) is 4.79 Å². The summed E-state index contributed by atoms with van der Waals surface area (Å²) in [4.78, 5) is 27.1. The highest BCUT2D eigenvalue weighted by atomic mass is 16.2. The van der Waals surface area contributed by atoms with Crippen LogP contribution in [0.2, 0.25) is 0 Å². The average molecular weight is 367 g/mol. The fourth-order valence-electron chi connectivity index (χ4n) is 3.14. The Bertz CT molecular complexity index is 770. The number of benzene rings is 1. The number of carbonyl (C=O) groups excluding carboxylic acids is 2. The lowest BCUT2D eigenvalue weighted by atomic mass is 10.1. The number of amidine groups is 1. The Morgan fingerprint density at radius 1 is 1.19 bits per heavy atom. The maximum Gasteiger partial charge on any atom is 0.322 e. The van der Waals surface area contributed by atoms with E-state index in [1.54, 1.807) is 0 Å². The number of carbonyl (C=O) groups is 2. The number of amides is 3. The van der Waals surface area contributed by atoms with E-state index in [9.17, 15) is 9.59 Å². The minimum atomic E-state index is -0.806. The number of rotatable bonds is 4. The summed E-state index contributed by atoms with van der Waals surface area (Å²) in [7, 11) is 0. The molecular weight excluding hydrogens is 342 g/mol. The van der Waals surface area contributed by atoms with Crippen molar-refractivity contribution < 1.29 is 9.59 Å². The molecule has 142 valence electrons. The third-order valence-electron chi connectivity index (χ3n) is 4.81. The second-order valence-electron chi connectivity index (χ2n) is 6.77. The topological polar surface area (TPSA) is 88.5 Å². The van der Waals surface area contributed by atoms with E-state index in [0.29, 0.717) is 5.84 Å². The Balaban J connectivity index is 1.55. The monoisotopic (exact) mass is 367 g/mol. The highest BCUT2D eigenvalue weighted by molar-refractivity contribution is 6.05. The molecule has 0 aromatic heterocycles. The van der Waals surface area contributed by atoms with Gasteiger partial charge in [-0.15, -0.1) is 0 Å². The van der Waals surface area contributed by atoms with E-state index < -0.39 is 18.0 Å². The lowest BCUT2D eigenvalue weighted by molar-refractivity contribution is -0.119. The van der Waals surface area contributed by atoms with Crippen LogP contribution in [0.3, 0.4) is 0 Å². The van der Waals surface area contributed by atoms with E-state index >= 15 is 0 Å². The molecule has 1 aromatic rings. The van der Waals surface area contributed by atoms with Crippen LogP contribution >= 0.6 is 0 Å². The Morgan fingerprint density at radius 3 is 2.48 bits per heavy atom. The number of urea groups is 1. The van der Waals surface area contributed by atoms with E-state index in [4.69, 9.17) is 5.41 Å². The van der Waals surface area contributed by atoms with Gasteiger partial charge in [-0.1, -0.05) is 37.3 Å². The van der Waals surface area contributed by atoms with E-state index in [2.05, 4.69) is 39.2 Å². The van der Waals surface area contributed by atoms with Gasteiger partial charge in [-0.25, -0.2) is 4.79 Å². The number of piperazine rings is 1. The zero-order chi connectivity index (χ0) is 19.2. The average Bonchev–Trinajstić information content (AvgIpc) is 3.02. The van der Waals surface area contributed by atoms with Gasteiger partial charge in [0.2, 0.25) is 0 Å². The largest absolute Gasteiger partial charge is 0.354 e. The van der Waals surface area contributed by atoms with Crippen molar-refractivity contribution in [3.8, 4) is 11.8 Å². The molecule has 2 fully saturated rings. The molecule has 0 spiro atoms. The molecule has 2 aliphatic rings. The fraction of sp³-hybridized carbons (Fsp3) is 0.450. The number of imide groups is 1. The Morgan fingerprint density at radius 2 is 1.89 bits per heavy atom. The molecule has 0 aliphatic carbocycles. The summed E-state index contributed by atoms with van der Waals surface area (Å²) in [5.41, 5.74) is 1.60. The number of nitrogens with one attached hydrogen (secondary N) is 3. The van der Waals surface area contributed by atoms with Crippen LogP contribution < -0.4 is 10.6 Å². The summed E-state index contributed by atoms with van der Waals surface area (Å²) in [5, 5.41) is 13.1. The van der Waals surface area contributed by atoms with Gasteiger partial charge >= 0.3 is 6.03 Å². The molecular formula is C20H25N5O2. The first-order chi connectivity index (χ1) is 13.1. The molecule has 2 aliphatic heterocycles. The van der Waals surface area contributed by atoms with E-state index in [0.717, 1.165) is 43.9 Å². The van der Waals surface area contributed by atoms with Crippen LogP contribution in [0.4, 0.5) is 4.79 Å². The first-order valence-corrected chi connectivity index (χ1v) is 9.36. The molecule has 0 radical (unpaired) electrons. The van der Waals surface area contributed by atoms with Gasteiger partial charge in [-0.2, -0.15) is 0 Å². The highest BCUT2D eigenvalue weighted by Gasteiger charge is 2.27. The minimum absolute atomic E-state index is 0.427. The standard InChI is InChI=1S/C20H25N5O2/c1-2-3-10-24-11-13-25(14-12-24)18(21)16-7-4-15(5-8-16)6-9-17-19(26)23-20(27)22-17/h4-5,7-8,17,21H,2-3,10-14H2,1H3,(H2,22,23,26,27)/t17-/m0/s1. The SMILES string of the molecule is CCCCN1CCN(C(=N)c2ccc(C#C[C@@H]3NC(=O)NC3=O)cc2)CC1. The van der Waals surface area contributed by atoms with Gasteiger partial charge in [0, 0.05) is 37.3 Å². The predicted molar refractivity (Wildman–Crippen MR) is 104 cm³/mol. The lowest BCUT2D eigenvalue weighted by Crippen LogP contribution is -2.48. The van der Waals surface area contributed by atoms with Crippen LogP contribution in [0.25, 0.3) is 0 Å². The zero-order valence-corrected chi connectivity index (χ0v) is 15.5. The first-order valence-electron chi connectivity index (χ1n) is 9.36. The summed E-state index contributed by atoms with van der Waals surface area (Å²) in [6.45, 7) is 7.10. The molecule has 7 nitrogen and oxygen atoms in total. The van der Waals surface area contributed by atoms with Crippen LogP contribution in [0.1, 0.15) is 30.9 Å². The summed E-state index contributed by atoms with van der Waals surface area (Å²) < 4.78 is 0. The van der Waals surface area contributed by atoms with E-state index in [1.807, 2.05) is 24.3 Å². The molecule has 3 amide bonds. The van der Waals surface area contributed by atoms with Gasteiger partial charge in [-0.3, -0.25) is 20.4 Å². The van der Waals surface area contributed by atoms with E-state index in [1.165, 1.54) is 12.8 Å². The molecule has 3 N–H and O–H groups in total. The third-order valence-corrected chi connectivity index (χ3v) is 4.81. The van der Waals surface area contributed by atoms with Crippen LogP contribution in [0.15, 0.2) is 24.3 Å². The maximum atomic E-state index is 11.5. The summed E-state index contributed by atoms with van der Waals surface area (Å²) in [5.74, 6) is 5.75. The Hall–Kier alpha value is -2.85. The first kappa shape index (κ1) is 18.9. The van der Waals surface area contributed by atoms with Crippen molar-refractivity contribution in [2.45, 2.75) is 25.8 Å². The molecule has 27 heavy (non-hydrogen) atoms. The number of nitrogens with zero attached hydrogens (tertiary/aromatic N) is 2. The summed E-state index contributed by atoms with van der Waals surface area (Å²) in [6.07, 6.45) is 2.44. The quantitative estimate of drug-likeness (QED) is 0.320. The summed E-state index contributed by atoms with van der Waals surface area (Å²) >= 11 is 0. The Labute approximate surface area is 159 Å². The van der Waals surface area contributed by atoms with Crippen molar-refractivity contribution in [2.75, 3.05) is 32.7 Å². The molecule has 2 heterocycles. The maximum absolute atomic E-state index is 11.5. The van der Waals surface area contributed by atoms with Gasteiger partial charge in [0.15, 0.2) is 6.04 Å². The van der Waals surface area contributed by atoms with Crippen LogP contribution in [-0.4, -0.2) is 66.3 Å². The van der Waals surface area contributed by atoms with Crippen molar-refractivity contribution >= 4 is 17.8 Å². The van der Waals surface area contributed by atoms with Crippen molar-refractivity contribution in [2.24, 2.45) is 0 Å². The Kier molecular flexibility index (Phi) is 6.09. The highest BCUT2D eigenvalue weighted by Crippen LogP contribution is 2.11. The fourth-order valence-corrected chi connectivity index (χ4v) is 3.14. The minimum Gasteiger partial charge on any atom is -0.354 e. The number of hydrogen-bond donors (Lipinski definition) is 3. The van der Waals surface area contributed by atoms with Crippen molar-refractivity contribution in [3.63, 3.8) is 0 Å². The van der Waals surface area contributed by atoms with E-state index in [-0.39, 0.29) is 0 Å². The van der Waals surface area contributed by atoms with Crippen molar-refractivity contribution in [1.29, 1.82) is 5.41 Å². The molecule has 0 bridgehead atoms. The number of hydrogen-bond acceptors (Lipinski definition) is 4. The molecule has 0 unspecified atom stereocenters. The smallest absolute Gasteiger partial charge is 0.322 e. The third kappa shape index (κ3) is 4.86. The normalized spacial score (nSPS) is 19.9. The lowest BCUT2D eigenvalue weighted by Gasteiger charge is -2.36. The van der Waals surface area contributed by atoms with Crippen LogP contribution in [0.5, 0.6) is 0 Å². The molecule has 0 saturated carbocycles. The van der Waals surface area contributed by atoms with Gasteiger partial charge in [0.05, 0.1) is 0 Å². The molecule has 1 atom stereocenters. The zero-order valence-electron chi connectivity index (χ0n) is 15.5. The van der Waals surface area contributed by atoms with Gasteiger partial charge < -0.3 is 10.2 Å². The molecule has 3 rings (SSSR count). The van der Waals surface area contributed by atoms with Gasteiger partial charge in [0.1, 0.15) is 5.84 Å². The number of unbranched alkanes of at least 4 members (excludes halogenated alkanes) is 1. The predicted octanol–water partition coefficient (Wildman–Crippen LogP) is 0.989.